The van der Waals surface area contributed by atoms with Crippen molar-refractivity contribution in [2.45, 2.75) is 11.3 Å². The predicted molar refractivity (Wildman–Crippen MR) is 54.7 cm³/mol. The zero-order valence-corrected chi connectivity index (χ0v) is 9.09. The molecule has 1 aromatic rings. The number of ether oxygens (including phenoxy) is 1. The third-order valence-corrected chi connectivity index (χ3v) is 2.33. The standard InChI is InChI=1S/C10H7F2NO2S/c1-15-10(14)5-2-3-7(16)6(4-13)8(5)9(11)12/h2-3,9,16H,1H3. The van der Waals surface area contributed by atoms with E-state index in [4.69, 9.17) is 5.26 Å². The van der Waals surface area contributed by atoms with Crippen LogP contribution >= 0.6 is 12.6 Å². The number of esters is 1. The first kappa shape index (κ1) is 12.5. The Morgan fingerprint density at radius 3 is 2.62 bits per heavy atom. The molecule has 0 fully saturated rings. The summed E-state index contributed by atoms with van der Waals surface area (Å²) in [7, 11) is 1.08. The van der Waals surface area contributed by atoms with E-state index in [9.17, 15) is 13.6 Å². The van der Waals surface area contributed by atoms with Crippen LogP contribution in [0.15, 0.2) is 17.0 Å². The van der Waals surface area contributed by atoms with E-state index in [1.807, 2.05) is 0 Å². The van der Waals surface area contributed by atoms with Crippen molar-refractivity contribution in [3.63, 3.8) is 0 Å². The van der Waals surface area contributed by atoms with Crippen molar-refractivity contribution in [1.29, 1.82) is 5.26 Å². The van der Waals surface area contributed by atoms with Crippen molar-refractivity contribution in [3.8, 4) is 6.07 Å². The number of methoxy groups -OCH3 is 1. The summed E-state index contributed by atoms with van der Waals surface area (Å²) in [5, 5.41) is 8.74. The number of carbonyl (C=O) groups excluding carboxylic acids is 1. The summed E-state index contributed by atoms with van der Waals surface area (Å²) < 4.78 is 29.9. The maximum absolute atomic E-state index is 12.8. The van der Waals surface area contributed by atoms with Crippen molar-refractivity contribution in [1.82, 2.24) is 0 Å². The second kappa shape index (κ2) is 4.94. The summed E-state index contributed by atoms with van der Waals surface area (Å²) in [6, 6.07) is 4.07. The molecule has 0 aliphatic rings. The molecule has 0 spiro atoms. The largest absolute Gasteiger partial charge is 0.465 e. The Morgan fingerprint density at radius 2 is 2.19 bits per heavy atom. The maximum Gasteiger partial charge on any atom is 0.338 e. The van der Waals surface area contributed by atoms with Crippen LogP contribution in [0.1, 0.15) is 27.9 Å². The molecule has 0 bridgehead atoms. The minimum absolute atomic E-state index is 0.102. The molecule has 0 amide bonds. The smallest absolute Gasteiger partial charge is 0.338 e. The van der Waals surface area contributed by atoms with Crippen LogP contribution in [0.3, 0.4) is 0 Å². The van der Waals surface area contributed by atoms with Crippen LogP contribution in [-0.2, 0) is 4.74 Å². The van der Waals surface area contributed by atoms with E-state index < -0.39 is 18.0 Å². The zero-order valence-electron chi connectivity index (χ0n) is 8.20. The van der Waals surface area contributed by atoms with Gasteiger partial charge in [0.2, 0.25) is 0 Å². The van der Waals surface area contributed by atoms with E-state index in [1.165, 1.54) is 6.07 Å². The summed E-state index contributed by atoms with van der Waals surface area (Å²) >= 11 is 3.88. The summed E-state index contributed by atoms with van der Waals surface area (Å²) in [5.41, 5.74) is -1.25. The minimum atomic E-state index is -2.93. The number of halogens is 2. The quantitative estimate of drug-likeness (QED) is 0.641. The molecule has 6 heteroatoms. The zero-order chi connectivity index (χ0) is 12.3. The molecule has 1 rings (SSSR count). The second-order valence-electron chi connectivity index (χ2n) is 2.83. The first-order valence-corrected chi connectivity index (χ1v) is 4.60. The van der Waals surface area contributed by atoms with Gasteiger partial charge in [0.25, 0.3) is 6.43 Å². The molecule has 0 aromatic heterocycles. The van der Waals surface area contributed by atoms with Gasteiger partial charge in [-0.1, -0.05) is 0 Å². The molecule has 84 valence electrons. The van der Waals surface area contributed by atoms with E-state index in [2.05, 4.69) is 17.4 Å². The predicted octanol–water partition coefficient (Wildman–Crippen LogP) is 2.57. The highest BCUT2D eigenvalue weighted by Crippen LogP contribution is 2.30. The van der Waals surface area contributed by atoms with Gasteiger partial charge in [-0.15, -0.1) is 12.6 Å². The Labute approximate surface area is 96.0 Å². The van der Waals surface area contributed by atoms with Gasteiger partial charge in [0.05, 0.1) is 23.8 Å². The van der Waals surface area contributed by atoms with Crippen LogP contribution < -0.4 is 0 Å². The molecule has 16 heavy (non-hydrogen) atoms. The molecule has 0 saturated heterocycles. The molecule has 0 aliphatic heterocycles. The lowest BCUT2D eigenvalue weighted by Crippen LogP contribution is -2.08. The topological polar surface area (TPSA) is 50.1 Å². The van der Waals surface area contributed by atoms with Gasteiger partial charge >= 0.3 is 5.97 Å². The number of hydrogen-bond acceptors (Lipinski definition) is 4. The number of thiol groups is 1. The van der Waals surface area contributed by atoms with Gasteiger partial charge in [-0.2, -0.15) is 5.26 Å². The fourth-order valence-electron chi connectivity index (χ4n) is 1.24. The van der Waals surface area contributed by atoms with Crippen LogP contribution in [-0.4, -0.2) is 13.1 Å². The molecule has 0 atom stereocenters. The van der Waals surface area contributed by atoms with Crippen molar-refractivity contribution in [2.24, 2.45) is 0 Å². The van der Waals surface area contributed by atoms with Gasteiger partial charge in [0.15, 0.2) is 0 Å². The van der Waals surface area contributed by atoms with Gasteiger partial charge < -0.3 is 4.74 Å². The SMILES string of the molecule is COC(=O)c1ccc(S)c(C#N)c1C(F)F. The molecular weight excluding hydrogens is 236 g/mol. The van der Waals surface area contributed by atoms with Gasteiger partial charge in [-0.05, 0) is 12.1 Å². The van der Waals surface area contributed by atoms with Gasteiger partial charge in [-0.25, -0.2) is 13.6 Å². The Hall–Kier alpha value is -1.61. The Balaban J connectivity index is 3.53. The van der Waals surface area contributed by atoms with Crippen molar-refractivity contribution in [3.05, 3.63) is 28.8 Å². The summed E-state index contributed by atoms with van der Waals surface area (Å²) in [5.74, 6) is -0.903. The Kier molecular flexibility index (Phi) is 3.85. The average Bonchev–Trinajstić information content (AvgIpc) is 2.27. The molecule has 0 aliphatic carbocycles. The molecular formula is C10H7F2NO2S. The minimum Gasteiger partial charge on any atom is -0.465 e. The second-order valence-corrected chi connectivity index (χ2v) is 3.31. The van der Waals surface area contributed by atoms with Crippen molar-refractivity contribution < 1.29 is 18.3 Å². The van der Waals surface area contributed by atoms with Gasteiger partial charge in [0.1, 0.15) is 6.07 Å². The molecule has 0 unspecified atom stereocenters. The fraction of sp³-hybridized carbons (Fsp3) is 0.200. The number of hydrogen-bond donors (Lipinski definition) is 1. The third-order valence-electron chi connectivity index (χ3n) is 1.96. The molecule has 3 nitrogen and oxygen atoms in total. The van der Waals surface area contributed by atoms with Gasteiger partial charge in [0, 0.05) is 4.90 Å². The highest BCUT2D eigenvalue weighted by molar-refractivity contribution is 7.80. The lowest BCUT2D eigenvalue weighted by molar-refractivity contribution is 0.0589. The number of nitrogens with zero attached hydrogens (tertiary/aromatic N) is 1. The molecule has 1 aromatic carbocycles. The molecule has 0 heterocycles. The van der Waals surface area contributed by atoms with E-state index in [1.54, 1.807) is 6.07 Å². The molecule has 0 saturated carbocycles. The highest BCUT2D eigenvalue weighted by atomic mass is 32.1. The fourth-order valence-corrected chi connectivity index (χ4v) is 1.49. The monoisotopic (exact) mass is 243 g/mol. The summed E-state index contributed by atoms with van der Waals surface area (Å²) in [6.45, 7) is 0. The summed E-state index contributed by atoms with van der Waals surface area (Å²) in [4.78, 5) is 11.3. The first-order valence-electron chi connectivity index (χ1n) is 4.15. The third kappa shape index (κ3) is 2.14. The van der Waals surface area contributed by atoms with Crippen LogP contribution in [0, 0.1) is 11.3 Å². The number of nitriles is 1. The number of alkyl halides is 2. The molecule has 0 N–H and O–H groups in total. The van der Waals surface area contributed by atoms with E-state index >= 15 is 0 Å². The van der Waals surface area contributed by atoms with Crippen molar-refractivity contribution in [2.75, 3.05) is 7.11 Å². The van der Waals surface area contributed by atoms with Crippen molar-refractivity contribution >= 4 is 18.6 Å². The van der Waals surface area contributed by atoms with E-state index in [0.717, 1.165) is 13.2 Å². The number of benzene rings is 1. The maximum atomic E-state index is 12.8. The highest BCUT2D eigenvalue weighted by Gasteiger charge is 2.24. The lowest BCUT2D eigenvalue weighted by Gasteiger charge is -2.10. The normalized spacial score (nSPS) is 10.0. The van der Waals surface area contributed by atoms with Crippen LogP contribution in [0.2, 0.25) is 0 Å². The van der Waals surface area contributed by atoms with E-state index in [0.29, 0.717) is 0 Å². The van der Waals surface area contributed by atoms with Crippen LogP contribution in [0.25, 0.3) is 0 Å². The van der Waals surface area contributed by atoms with Gasteiger partial charge in [-0.3, -0.25) is 0 Å². The first-order chi connectivity index (χ1) is 7.52. The lowest BCUT2D eigenvalue weighted by atomic mass is 10.0. The Bertz CT molecular complexity index is 469. The van der Waals surface area contributed by atoms with Crippen LogP contribution in [0.4, 0.5) is 8.78 Å². The summed E-state index contributed by atoms with van der Waals surface area (Å²) in [6.07, 6.45) is -2.93. The van der Waals surface area contributed by atoms with Crippen LogP contribution in [0.5, 0.6) is 0 Å². The number of rotatable bonds is 2. The molecule has 0 radical (unpaired) electrons. The number of carbonyl (C=O) groups is 1. The van der Waals surface area contributed by atoms with E-state index in [-0.39, 0.29) is 16.0 Å². The Morgan fingerprint density at radius 1 is 1.56 bits per heavy atom. The average molecular weight is 243 g/mol.